The quantitative estimate of drug-likeness (QED) is 0.498. The number of hydrogen-bond donors (Lipinski definition) is 0. The van der Waals surface area contributed by atoms with Crippen molar-refractivity contribution in [2.45, 2.75) is 6.43 Å². The first-order valence-electron chi connectivity index (χ1n) is 2.01. The number of allylic oxidation sites excluding steroid dienone is 2. The van der Waals surface area contributed by atoms with Crippen LogP contribution in [0.2, 0.25) is 0 Å². The molecular weight excluding hydrogens is 126 g/mol. The van der Waals surface area contributed by atoms with Gasteiger partial charge in [0.1, 0.15) is 17.7 Å². The SMILES string of the molecule is N#CC(C#N)=CC(F)F. The Morgan fingerprint density at radius 1 is 1.33 bits per heavy atom. The maximum absolute atomic E-state index is 11.3. The molecule has 0 aromatic rings. The van der Waals surface area contributed by atoms with Gasteiger partial charge in [0.05, 0.1) is 0 Å². The predicted molar refractivity (Wildman–Crippen MR) is 25.3 cm³/mol. The summed E-state index contributed by atoms with van der Waals surface area (Å²) in [7, 11) is 0. The van der Waals surface area contributed by atoms with Crippen LogP contribution < -0.4 is 0 Å². The molecular formula is C5H2F2N2. The highest BCUT2D eigenvalue weighted by Gasteiger charge is 1.98. The molecule has 0 radical (unpaired) electrons. The van der Waals surface area contributed by atoms with Crippen molar-refractivity contribution < 1.29 is 8.78 Å². The Bertz CT molecular complexity index is 178. The number of halogens is 2. The summed E-state index contributed by atoms with van der Waals surface area (Å²) in [5, 5.41) is 15.8. The van der Waals surface area contributed by atoms with Crippen molar-refractivity contribution >= 4 is 0 Å². The van der Waals surface area contributed by atoms with Crippen molar-refractivity contribution in [1.82, 2.24) is 0 Å². The highest BCUT2D eigenvalue weighted by molar-refractivity contribution is 5.35. The van der Waals surface area contributed by atoms with E-state index in [1.54, 1.807) is 0 Å². The highest BCUT2D eigenvalue weighted by Crippen LogP contribution is 1.98. The minimum absolute atomic E-state index is 0.306. The Morgan fingerprint density at radius 3 is 1.89 bits per heavy atom. The van der Waals surface area contributed by atoms with Gasteiger partial charge in [0.15, 0.2) is 0 Å². The van der Waals surface area contributed by atoms with Crippen LogP contribution in [-0.4, -0.2) is 6.43 Å². The van der Waals surface area contributed by atoms with Crippen LogP contribution in [0.4, 0.5) is 8.78 Å². The molecule has 2 nitrogen and oxygen atoms in total. The van der Waals surface area contributed by atoms with E-state index in [1.165, 1.54) is 12.1 Å². The third-order valence-electron chi connectivity index (χ3n) is 0.534. The molecule has 0 bridgehead atoms. The monoisotopic (exact) mass is 128 g/mol. The molecule has 0 saturated heterocycles. The molecule has 0 spiro atoms. The zero-order chi connectivity index (χ0) is 7.28. The van der Waals surface area contributed by atoms with Gasteiger partial charge < -0.3 is 0 Å². The zero-order valence-corrected chi connectivity index (χ0v) is 4.31. The number of alkyl halides is 2. The first kappa shape index (κ1) is 7.58. The van der Waals surface area contributed by atoms with E-state index < -0.39 is 12.0 Å². The number of nitrogens with zero attached hydrogens (tertiary/aromatic N) is 2. The van der Waals surface area contributed by atoms with E-state index in [9.17, 15) is 8.78 Å². The second-order valence-electron chi connectivity index (χ2n) is 1.14. The summed E-state index contributed by atoms with van der Waals surface area (Å²) < 4.78 is 22.6. The average molecular weight is 128 g/mol. The lowest BCUT2D eigenvalue weighted by Crippen LogP contribution is -1.83. The Morgan fingerprint density at radius 2 is 1.78 bits per heavy atom. The molecule has 46 valence electrons. The fourth-order valence-electron chi connectivity index (χ4n) is 0.226. The summed E-state index contributed by atoms with van der Waals surface area (Å²) in [6.45, 7) is 0. The molecule has 0 aromatic carbocycles. The van der Waals surface area contributed by atoms with Gasteiger partial charge in [0, 0.05) is 6.08 Å². The van der Waals surface area contributed by atoms with Crippen LogP contribution in [0.5, 0.6) is 0 Å². The van der Waals surface area contributed by atoms with E-state index in [2.05, 4.69) is 0 Å². The molecule has 9 heavy (non-hydrogen) atoms. The van der Waals surface area contributed by atoms with Gasteiger partial charge in [-0.15, -0.1) is 0 Å². The molecule has 0 unspecified atom stereocenters. The van der Waals surface area contributed by atoms with Crippen LogP contribution in [-0.2, 0) is 0 Å². The Balaban J connectivity index is 4.18. The molecule has 0 aromatic heterocycles. The van der Waals surface area contributed by atoms with Crippen LogP contribution >= 0.6 is 0 Å². The molecule has 0 aliphatic heterocycles. The molecule has 4 heteroatoms. The fraction of sp³-hybridized carbons (Fsp3) is 0.200. The maximum Gasteiger partial charge on any atom is 0.259 e. The summed E-state index contributed by atoms with van der Waals surface area (Å²) in [4.78, 5) is 0. The lowest BCUT2D eigenvalue weighted by Gasteiger charge is -1.82. The largest absolute Gasteiger partial charge is 0.259 e. The standard InChI is InChI=1S/C5H2F2N2/c6-5(7)1-4(2-8)3-9/h1,5H. The van der Waals surface area contributed by atoms with Crippen LogP contribution in [0.15, 0.2) is 11.6 Å². The zero-order valence-electron chi connectivity index (χ0n) is 4.31. The van der Waals surface area contributed by atoms with Crippen LogP contribution in [0, 0.1) is 22.7 Å². The van der Waals surface area contributed by atoms with Gasteiger partial charge in [-0.25, -0.2) is 8.78 Å². The number of hydrogen-bond acceptors (Lipinski definition) is 2. The van der Waals surface area contributed by atoms with Crippen LogP contribution in [0.1, 0.15) is 0 Å². The molecule has 0 amide bonds. The topological polar surface area (TPSA) is 47.6 Å². The summed E-state index contributed by atoms with van der Waals surface area (Å²) in [6.07, 6.45) is -2.42. The molecule has 0 rings (SSSR count). The summed E-state index contributed by atoms with van der Waals surface area (Å²) >= 11 is 0. The Kier molecular flexibility index (Phi) is 3.00. The Hall–Kier alpha value is -1.42. The van der Waals surface area contributed by atoms with E-state index >= 15 is 0 Å². The van der Waals surface area contributed by atoms with Gasteiger partial charge in [-0.05, 0) is 0 Å². The normalized spacial score (nSPS) is 7.67. The molecule has 0 atom stereocenters. The minimum Gasteiger partial charge on any atom is -0.206 e. The van der Waals surface area contributed by atoms with Gasteiger partial charge in [-0.2, -0.15) is 10.5 Å². The second kappa shape index (κ2) is 3.57. The van der Waals surface area contributed by atoms with Gasteiger partial charge in [0.2, 0.25) is 0 Å². The minimum atomic E-state index is -2.72. The van der Waals surface area contributed by atoms with Gasteiger partial charge in [-0.1, -0.05) is 0 Å². The number of nitriles is 2. The Labute approximate surface area is 50.6 Å². The first-order valence-corrected chi connectivity index (χ1v) is 2.01. The van der Waals surface area contributed by atoms with Crippen molar-refractivity contribution in [2.75, 3.05) is 0 Å². The number of rotatable bonds is 1. The average Bonchev–Trinajstić information content (AvgIpc) is 1.82. The molecule has 0 aliphatic rings. The van der Waals surface area contributed by atoms with Crippen LogP contribution in [0.25, 0.3) is 0 Å². The fourth-order valence-corrected chi connectivity index (χ4v) is 0.226. The van der Waals surface area contributed by atoms with Gasteiger partial charge >= 0.3 is 0 Å². The van der Waals surface area contributed by atoms with Crippen molar-refractivity contribution in [3.05, 3.63) is 11.6 Å². The van der Waals surface area contributed by atoms with E-state index in [0.717, 1.165) is 0 Å². The van der Waals surface area contributed by atoms with Gasteiger partial charge in [0.25, 0.3) is 6.43 Å². The predicted octanol–water partition coefficient (Wildman–Crippen LogP) is 1.23. The van der Waals surface area contributed by atoms with Crippen molar-refractivity contribution in [3.63, 3.8) is 0 Å². The van der Waals surface area contributed by atoms with Gasteiger partial charge in [-0.3, -0.25) is 0 Å². The summed E-state index contributed by atoms with van der Waals surface area (Å²) in [6, 6.07) is 2.61. The summed E-state index contributed by atoms with van der Waals surface area (Å²) in [5.41, 5.74) is -0.551. The van der Waals surface area contributed by atoms with Crippen LogP contribution in [0.3, 0.4) is 0 Å². The lowest BCUT2D eigenvalue weighted by molar-refractivity contribution is 0.204. The highest BCUT2D eigenvalue weighted by atomic mass is 19.3. The molecule has 0 fully saturated rings. The van der Waals surface area contributed by atoms with E-state index in [4.69, 9.17) is 10.5 Å². The summed E-state index contributed by atoms with van der Waals surface area (Å²) in [5.74, 6) is 0. The van der Waals surface area contributed by atoms with E-state index in [0.29, 0.717) is 6.08 Å². The van der Waals surface area contributed by atoms with Crippen molar-refractivity contribution in [3.8, 4) is 12.1 Å². The maximum atomic E-state index is 11.3. The first-order chi connectivity index (χ1) is 4.20. The lowest BCUT2D eigenvalue weighted by atomic mass is 10.3. The molecule has 0 heterocycles. The van der Waals surface area contributed by atoms with E-state index in [-0.39, 0.29) is 0 Å². The molecule has 0 aliphatic carbocycles. The second-order valence-corrected chi connectivity index (χ2v) is 1.14. The van der Waals surface area contributed by atoms with Crippen molar-refractivity contribution in [1.29, 1.82) is 10.5 Å². The van der Waals surface area contributed by atoms with Crippen molar-refractivity contribution in [2.24, 2.45) is 0 Å². The molecule has 0 N–H and O–H groups in total. The molecule has 0 saturated carbocycles. The van der Waals surface area contributed by atoms with E-state index in [1.807, 2.05) is 0 Å². The third kappa shape index (κ3) is 3.19. The smallest absolute Gasteiger partial charge is 0.206 e. The third-order valence-corrected chi connectivity index (χ3v) is 0.534.